The molecular weight excluding hydrogens is 236 g/mol. The molecule has 0 spiro atoms. The monoisotopic (exact) mass is 262 g/mol. The first-order valence-corrected chi connectivity index (χ1v) is 7.38. The van der Waals surface area contributed by atoms with Crippen molar-refractivity contribution in [3.8, 4) is 0 Å². The van der Waals surface area contributed by atoms with Gasteiger partial charge >= 0.3 is 0 Å². The van der Waals surface area contributed by atoms with Gasteiger partial charge in [0.15, 0.2) is 0 Å². The fourth-order valence-corrected chi connectivity index (χ4v) is 2.51. The molecule has 0 aromatic carbocycles. The number of hydrogen-bond acceptors (Lipinski definition) is 3. The van der Waals surface area contributed by atoms with Gasteiger partial charge < -0.3 is 10.0 Å². The smallest absolute Gasteiger partial charge is 0.129 e. The van der Waals surface area contributed by atoms with Gasteiger partial charge in [0.2, 0.25) is 0 Å². The Morgan fingerprint density at radius 2 is 1.74 bits per heavy atom. The molecule has 19 heavy (non-hydrogen) atoms. The first kappa shape index (κ1) is 14.3. The molecule has 1 aromatic heterocycles. The molecule has 0 aliphatic carbocycles. The summed E-state index contributed by atoms with van der Waals surface area (Å²) in [7, 11) is 0. The Labute approximate surface area is 116 Å². The second-order valence-corrected chi connectivity index (χ2v) is 6.53. The average Bonchev–Trinajstić information content (AvgIpc) is 2.66. The number of aromatic nitrogens is 1. The largest absolute Gasteiger partial charge is 0.392 e. The highest BCUT2D eigenvalue weighted by Crippen LogP contribution is 2.26. The number of nitrogens with zero attached hydrogens (tertiary/aromatic N) is 2. The van der Waals surface area contributed by atoms with Crippen LogP contribution in [0.4, 0.5) is 5.82 Å². The van der Waals surface area contributed by atoms with Gasteiger partial charge in [0.25, 0.3) is 0 Å². The van der Waals surface area contributed by atoms with Crippen molar-refractivity contribution < 1.29 is 5.11 Å². The Bertz CT molecular complexity index is 415. The van der Waals surface area contributed by atoms with Crippen LogP contribution in [0, 0.1) is 0 Å². The van der Waals surface area contributed by atoms with Crippen molar-refractivity contribution in [1.82, 2.24) is 4.98 Å². The molecule has 3 heteroatoms. The van der Waals surface area contributed by atoms with E-state index in [4.69, 9.17) is 4.98 Å². The molecule has 1 N–H and O–H groups in total. The van der Waals surface area contributed by atoms with E-state index >= 15 is 0 Å². The second kappa shape index (κ2) is 5.91. The van der Waals surface area contributed by atoms with Crippen LogP contribution in [0.5, 0.6) is 0 Å². The number of pyridine rings is 1. The van der Waals surface area contributed by atoms with Crippen molar-refractivity contribution in [2.45, 2.75) is 58.5 Å². The molecule has 1 saturated heterocycles. The van der Waals surface area contributed by atoms with E-state index in [0.29, 0.717) is 0 Å². The number of rotatable bonds is 2. The maximum atomic E-state index is 9.46. The number of hydrogen-bond donors (Lipinski definition) is 1. The summed E-state index contributed by atoms with van der Waals surface area (Å²) < 4.78 is 0. The molecule has 3 nitrogen and oxygen atoms in total. The molecule has 0 radical (unpaired) electrons. The Morgan fingerprint density at radius 1 is 1.11 bits per heavy atom. The van der Waals surface area contributed by atoms with Gasteiger partial charge in [0.1, 0.15) is 5.82 Å². The van der Waals surface area contributed by atoms with E-state index < -0.39 is 0 Å². The summed E-state index contributed by atoms with van der Waals surface area (Å²) in [5.41, 5.74) is 2.06. The Morgan fingerprint density at radius 3 is 2.26 bits per heavy atom. The lowest BCUT2D eigenvalue weighted by molar-refractivity contribution is 0.281. The minimum atomic E-state index is 0.0196. The molecule has 0 saturated carbocycles. The van der Waals surface area contributed by atoms with Crippen LogP contribution in [0.1, 0.15) is 57.7 Å². The molecule has 0 atom stereocenters. The van der Waals surface area contributed by atoms with Gasteiger partial charge in [0.05, 0.1) is 6.61 Å². The van der Waals surface area contributed by atoms with E-state index in [1.807, 2.05) is 12.1 Å². The first-order valence-electron chi connectivity index (χ1n) is 7.38. The van der Waals surface area contributed by atoms with Gasteiger partial charge in [-0.1, -0.05) is 33.6 Å². The van der Waals surface area contributed by atoms with Crippen LogP contribution in [0.3, 0.4) is 0 Å². The SMILES string of the molecule is CC(C)(C)c1cc(CO)cc(N2CCCCCC2)n1. The van der Waals surface area contributed by atoms with Crippen molar-refractivity contribution in [2.75, 3.05) is 18.0 Å². The molecule has 1 aliphatic heterocycles. The molecular formula is C16H26N2O. The van der Waals surface area contributed by atoms with E-state index in [9.17, 15) is 5.11 Å². The minimum Gasteiger partial charge on any atom is -0.392 e. The summed E-state index contributed by atoms with van der Waals surface area (Å²) in [6.45, 7) is 8.78. The quantitative estimate of drug-likeness (QED) is 0.889. The third kappa shape index (κ3) is 3.69. The van der Waals surface area contributed by atoms with Crippen LogP contribution >= 0.6 is 0 Å². The summed E-state index contributed by atoms with van der Waals surface area (Å²) in [5, 5.41) is 9.46. The molecule has 1 fully saturated rings. The van der Waals surface area contributed by atoms with Gasteiger partial charge in [0, 0.05) is 24.2 Å². The van der Waals surface area contributed by atoms with Crippen molar-refractivity contribution in [3.05, 3.63) is 23.4 Å². The average molecular weight is 262 g/mol. The predicted octanol–water partition coefficient (Wildman–Crippen LogP) is 3.25. The van der Waals surface area contributed by atoms with E-state index in [-0.39, 0.29) is 12.0 Å². The van der Waals surface area contributed by atoms with Gasteiger partial charge in [-0.2, -0.15) is 0 Å². The summed E-state index contributed by atoms with van der Waals surface area (Å²) in [6.07, 6.45) is 5.14. The van der Waals surface area contributed by atoms with Crippen LogP contribution in [0.2, 0.25) is 0 Å². The standard InChI is InChI=1S/C16H26N2O/c1-16(2,3)14-10-13(12-19)11-15(17-14)18-8-6-4-5-7-9-18/h10-11,19H,4-9,12H2,1-3H3. The van der Waals surface area contributed by atoms with E-state index in [0.717, 1.165) is 30.2 Å². The van der Waals surface area contributed by atoms with Gasteiger partial charge in [-0.25, -0.2) is 4.98 Å². The molecule has 2 heterocycles. The number of aliphatic hydroxyl groups is 1. The fraction of sp³-hybridized carbons (Fsp3) is 0.688. The van der Waals surface area contributed by atoms with Crippen molar-refractivity contribution in [2.24, 2.45) is 0 Å². The molecule has 1 aliphatic rings. The van der Waals surface area contributed by atoms with Crippen LogP contribution in [-0.2, 0) is 12.0 Å². The maximum Gasteiger partial charge on any atom is 0.129 e. The highest BCUT2D eigenvalue weighted by atomic mass is 16.3. The van der Waals surface area contributed by atoms with E-state index in [2.05, 4.69) is 25.7 Å². The zero-order valence-corrected chi connectivity index (χ0v) is 12.4. The van der Waals surface area contributed by atoms with Crippen molar-refractivity contribution in [3.63, 3.8) is 0 Å². The molecule has 106 valence electrons. The predicted molar refractivity (Wildman–Crippen MR) is 79.5 cm³/mol. The lowest BCUT2D eigenvalue weighted by Crippen LogP contribution is -2.26. The lowest BCUT2D eigenvalue weighted by Gasteiger charge is -2.25. The highest BCUT2D eigenvalue weighted by Gasteiger charge is 2.19. The fourth-order valence-electron chi connectivity index (χ4n) is 2.51. The van der Waals surface area contributed by atoms with Gasteiger partial charge in [-0.3, -0.25) is 0 Å². The third-order valence-electron chi connectivity index (χ3n) is 3.75. The van der Waals surface area contributed by atoms with Crippen LogP contribution in [0.15, 0.2) is 12.1 Å². The van der Waals surface area contributed by atoms with Crippen LogP contribution in [-0.4, -0.2) is 23.2 Å². The maximum absolute atomic E-state index is 9.46. The number of anilines is 1. The zero-order valence-electron chi connectivity index (χ0n) is 12.4. The Kier molecular flexibility index (Phi) is 4.46. The summed E-state index contributed by atoms with van der Waals surface area (Å²) in [6, 6.07) is 4.07. The topological polar surface area (TPSA) is 36.4 Å². The van der Waals surface area contributed by atoms with Crippen LogP contribution < -0.4 is 4.90 Å². The zero-order chi connectivity index (χ0) is 13.9. The molecule has 2 rings (SSSR count). The normalized spacial score (nSPS) is 17.4. The molecule has 0 unspecified atom stereocenters. The molecule has 1 aromatic rings. The van der Waals surface area contributed by atoms with E-state index in [1.54, 1.807) is 0 Å². The summed E-state index contributed by atoms with van der Waals surface area (Å²) in [4.78, 5) is 7.21. The highest BCUT2D eigenvalue weighted by molar-refractivity contribution is 5.44. The lowest BCUT2D eigenvalue weighted by atomic mass is 9.91. The second-order valence-electron chi connectivity index (χ2n) is 6.53. The Hall–Kier alpha value is -1.09. The van der Waals surface area contributed by atoms with E-state index in [1.165, 1.54) is 25.7 Å². The molecule has 0 amide bonds. The minimum absolute atomic E-state index is 0.0196. The summed E-state index contributed by atoms with van der Waals surface area (Å²) >= 11 is 0. The van der Waals surface area contributed by atoms with Crippen molar-refractivity contribution >= 4 is 5.82 Å². The van der Waals surface area contributed by atoms with Crippen LogP contribution in [0.25, 0.3) is 0 Å². The number of aliphatic hydroxyl groups excluding tert-OH is 1. The summed E-state index contributed by atoms with van der Waals surface area (Å²) in [5.74, 6) is 1.04. The molecule has 0 bridgehead atoms. The van der Waals surface area contributed by atoms with Gasteiger partial charge in [-0.15, -0.1) is 0 Å². The van der Waals surface area contributed by atoms with Gasteiger partial charge in [-0.05, 0) is 30.5 Å². The first-order chi connectivity index (χ1) is 9.00. The Balaban J connectivity index is 2.33. The third-order valence-corrected chi connectivity index (χ3v) is 3.75. The van der Waals surface area contributed by atoms with Crippen molar-refractivity contribution in [1.29, 1.82) is 0 Å².